The highest BCUT2D eigenvalue weighted by Gasteiger charge is 2.36. The molecule has 2 aliphatic rings. The molecule has 200 valence electrons. The molecule has 7 nitrogen and oxygen atoms in total. The highest BCUT2D eigenvalue weighted by molar-refractivity contribution is 8.17. The van der Waals surface area contributed by atoms with Crippen LogP contribution in [0.25, 0.3) is 10.9 Å². The summed E-state index contributed by atoms with van der Waals surface area (Å²) >= 11 is 0. The van der Waals surface area contributed by atoms with Crippen LogP contribution < -0.4 is 15.9 Å². The van der Waals surface area contributed by atoms with Gasteiger partial charge in [0.25, 0.3) is 0 Å². The van der Waals surface area contributed by atoms with Gasteiger partial charge in [0, 0.05) is 49.3 Å². The Morgan fingerprint density at radius 1 is 1.14 bits per heavy atom. The van der Waals surface area contributed by atoms with E-state index in [1.165, 1.54) is 16.7 Å². The van der Waals surface area contributed by atoms with Crippen LogP contribution in [0.1, 0.15) is 5.56 Å². The lowest BCUT2D eigenvalue weighted by atomic mass is 10.1. The van der Waals surface area contributed by atoms with E-state index in [1.807, 2.05) is 4.90 Å². The summed E-state index contributed by atoms with van der Waals surface area (Å²) in [6, 6.07) is 8.06. The van der Waals surface area contributed by atoms with Gasteiger partial charge in [0.2, 0.25) is 0 Å². The minimum atomic E-state index is -4.60. The molecular weight excluding hydrogens is 512 g/mol. The zero-order valence-electron chi connectivity index (χ0n) is 20.2. The minimum absolute atomic E-state index is 0.145. The second-order valence-electron chi connectivity index (χ2n) is 9.03. The van der Waals surface area contributed by atoms with E-state index in [9.17, 15) is 22.4 Å². The summed E-state index contributed by atoms with van der Waals surface area (Å²) in [6.07, 6.45) is -5.07. The van der Waals surface area contributed by atoms with Crippen molar-refractivity contribution >= 4 is 27.6 Å². The van der Waals surface area contributed by atoms with E-state index in [0.29, 0.717) is 59.2 Å². The number of halogens is 4. The third-order valence-electron chi connectivity index (χ3n) is 6.62. The summed E-state index contributed by atoms with van der Waals surface area (Å²) in [5, 5.41) is 3.50. The topological polar surface area (TPSA) is 68.6 Å². The molecule has 1 N–H and O–H groups in total. The van der Waals surface area contributed by atoms with Crippen LogP contribution in [0.5, 0.6) is 0 Å². The van der Waals surface area contributed by atoms with E-state index in [-0.39, 0.29) is 19.0 Å². The molecule has 12 heteroatoms. The van der Waals surface area contributed by atoms with Crippen LogP contribution in [0.2, 0.25) is 0 Å². The van der Waals surface area contributed by atoms with E-state index in [2.05, 4.69) is 10.3 Å². The number of alkyl halides is 3. The van der Waals surface area contributed by atoms with Crippen LogP contribution in [0, 0.1) is 5.82 Å². The highest BCUT2D eigenvalue weighted by atomic mass is 32.2. The van der Waals surface area contributed by atoms with Crippen LogP contribution in [-0.2, 0) is 22.2 Å². The molecule has 0 aliphatic carbocycles. The Kier molecular flexibility index (Phi) is 7.44. The number of piperazine rings is 1. The quantitative estimate of drug-likeness (QED) is 0.284. The first-order valence-corrected chi connectivity index (χ1v) is 13.5. The molecule has 5 rings (SSSR count). The first-order valence-electron chi connectivity index (χ1n) is 12.0. The van der Waals surface area contributed by atoms with Gasteiger partial charge in [0.15, 0.2) is 0 Å². The van der Waals surface area contributed by atoms with Gasteiger partial charge >= 0.3 is 11.9 Å². The fourth-order valence-electron chi connectivity index (χ4n) is 4.87. The van der Waals surface area contributed by atoms with Crippen molar-refractivity contribution in [1.29, 1.82) is 0 Å². The standard InChI is InChI=1S/C25H28F4N4O3S/c1-35-10-11-36-18-14-33-22-20(23(31-24(33)34)32-8-6-30-7-9-32)12-16(25(27,28)29)13-21(22)37(15-18)19-4-2-17(26)3-5-19/h2-5,12-13,18,30,37H,6-11,14-15H2,1H3/t18-/m0/s1. The summed E-state index contributed by atoms with van der Waals surface area (Å²) in [7, 11) is 0.117. The SMILES string of the molecule is COCCO[C@H]1Cn2c(=O)nc(N3CCNCC3)c3cc(C(F)(F)F)cc(c32)[SH](c2ccc(F)cc2)C1. The maximum Gasteiger partial charge on any atom is 0.416 e. The van der Waals surface area contributed by atoms with Gasteiger partial charge in [0.05, 0.1) is 36.9 Å². The molecule has 2 aliphatic heterocycles. The molecule has 1 unspecified atom stereocenters. The zero-order chi connectivity index (χ0) is 26.2. The number of ether oxygens (including phenoxy) is 2. The van der Waals surface area contributed by atoms with Gasteiger partial charge in [0.1, 0.15) is 11.6 Å². The number of nitrogens with zero attached hydrogens (tertiary/aromatic N) is 3. The normalized spacial score (nSPS) is 21.3. The smallest absolute Gasteiger partial charge is 0.382 e. The van der Waals surface area contributed by atoms with E-state index in [0.717, 1.165) is 12.1 Å². The van der Waals surface area contributed by atoms with Crippen molar-refractivity contribution in [2.75, 3.05) is 57.2 Å². The number of nitrogens with one attached hydrogen (secondary N) is 1. The number of anilines is 1. The lowest BCUT2D eigenvalue weighted by Crippen LogP contribution is -2.45. The fourth-order valence-corrected chi connectivity index (χ4v) is 7.48. The van der Waals surface area contributed by atoms with E-state index < -0.39 is 40.2 Å². The summed E-state index contributed by atoms with van der Waals surface area (Å²) in [5.41, 5.74) is -0.889. The third-order valence-corrected chi connectivity index (χ3v) is 9.24. The predicted octanol–water partition coefficient (Wildman–Crippen LogP) is 3.43. The molecule has 3 aromatic rings. The maximum absolute atomic E-state index is 14.2. The van der Waals surface area contributed by atoms with Crippen LogP contribution in [0.4, 0.5) is 23.4 Å². The Bertz CT molecular complexity index is 1330. The number of benzene rings is 2. The lowest BCUT2D eigenvalue weighted by Gasteiger charge is -2.30. The molecule has 0 radical (unpaired) electrons. The number of rotatable bonds is 6. The first-order chi connectivity index (χ1) is 17.8. The second kappa shape index (κ2) is 10.6. The van der Waals surface area contributed by atoms with Crippen molar-refractivity contribution < 1.29 is 27.0 Å². The Labute approximate surface area is 213 Å². The Hall–Kier alpha value is -2.67. The lowest BCUT2D eigenvalue weighted by molar-refractivity contribution is -0.137. The van der Waals surface area contributed by atoms with Gasteiger partial charge < -0.3 is 19.7 Å². The average Bonchev–Trinajstić information content (AvgIpc) is 3.05. The van der Waals surface area contributed by atoms with Gasteiger partial charge in [-0.2, -0.15) is 29.1 Å². The number of thiol groups is 1. The minimum Gasteiger partial charge on any atom is -0.382 e. The molecule has 0 saturated carbocycles. The van der Waals surface area contributed by atoms with Gasteiger partial charge in [-0.25, -0.2) is 9.18 Å². The van der Waals surface area contributed by atoms with Crippen molar-refractivity contribution in [3.8, 4) is 0 Å². The molecule has 2 aromatic carbocycles. The van der Waals surface area contributed by atoms with Crippen LogP contribution in [0.3, 0.4) is 0 Å². The van der Waals surface area contributed by atoms with Crippen molar-refractivity contribution in [2.24, 2.45) is 0 Å². The van der Waals surface area contributed by atoms with E-state index in [1.54, 1.807) is 19.2 Å². The zero-order valence-corrected chi connectivity index (χ0v) is 21.1. The van der Waals surface area contributed by atoms with Gasteiger partial charge in [-0.05, 0) is 41.3 Å². The summed E-state index contributed by atoms with van der Waals surface area (Å²) in [6.45, 7) is 3.06. The monoisotopic (exact) mass is 540 g/mol. The van der Waals surface area contributed by atoms with Crippen molar-refractivity contribution in [1.82, 2.24) is 14.9 Å². The summed E-state index contributed by atoms with van der Waals surface area (Å²) in [4.78, 5) is 20.7. The highest BCUT2D eigenvalue weighted by Crippen LogP contribution is 2.52. The van der Waals surface area contributed by atoms with Gasteiger partial charge in [-0.1, -0.05) is 0 Å². The largest absolute Gasteiger partial charge is 0.416 e. The molecule has 0 amide bonds. The molecule has 1 fully saturated rings. The Morgan fingerprint density at radius 2 is 1.86 bits per heavy atom. The molecule has 2 atom stereocenters. The molecule has 37 heavy (non-hydrogen) atoms. The number of methoxy groups -OCH3 is 1. The Morgan fingerprint density at radius 3 is 2.54 bits per heavy atom. The molecule has 0 spiro atoms. The summed E-state index contributed by atoms with van der Waals surface area (Å²) < 4.78 is 68.9. The number of hydrogen-bond acceptors (Lipinski definition) is 6. The average molecular weight is 541 g/mol. The first kappa shape index (κ1) is 26.0. The van der Waals surface area contributed by atoms with Crippen molar-refractivity contribution in [3.63, 3.8) is 0 Å². The van der Waals surface area contributed by atoms with Crippen molar-refractivity contribution in [3.05, 3.63) is 58.3 Å². The molecular formula is C25H28F4N4O3S. The molecule has 0 bridgehead atoms. The van der Waals surface area contributed by atoms with Gasteiger partial charge in [-0.3, -0.25) is 4.57 Å². The number of hydrogen-bond donors (Lipinski definition) is 2. The number of aromatic nitrogens is 2. The third kappa shape index (κ3) is 5.33. The maximum atomic E-state index is 14.2. The Balaban J connectivity index is 1.78. The molecule has 1 aromatic heterocycles. The van der Waals surface area contributed by atoms with E-state index in [4.69, 9.17) is 9.47 Å². The fraction of sp³-hybridized carbons (Fsp3) is 0.440. The second-order valence-corrected chi connectivity index (χ2v) is 11.2. The van der Waals surface area contributed by atoms with Crippen LogP contribution in [0.15, 0.2) is 51.0 Å². The summed E-state index contributed by atoms with van der Waals surface area (Å²) in [5.74, 6) is 0.195. The van der Waals surface area contributed by atoms with E-state index >= 15 is 0 Å². The predicted molar refractivity (Wildman–Crippen MR) is 134 cm³/mol. The van der Waals surface area contributed by atoms with Crippen LogP contribution in [-0.4, -0.2) is 67.9 Å². The van der Waals surface area contributed by atoms with Gasteiger partial charge in [-0.15, -0.1) is 0 Å². The van der Waals surface area contributed by atoms with Crippen LogP contribution >= 0.6 is 10.9 Å². The molecule has 3 heterocycles. The van der Waals surface area contributed by atoms with Crippen molar-refractivity contribution in [2.45, 2.75) is 28.6 Å². The molecule has 1 saturated heterocycles.